The molecule has 24 heavy (non-hydrogen) atoms. The maximum absolute atomic E-state index is 12.6. The van der Waals surface area contributed by atoms with Gasteiger partial charge in [-0.15, -0.1) is 5.10 Å². The highest BCUT2D eigenvalue weighted by molar-refractivity contribution is 5.92. The van der Waals surface area contributed by atoms with Crippen LogP contribution in [0.25, 0.3) is 5.69 Å². The Morgan fingerprint density at radius 3 is 2.46 bits per heavy atom. The van der Waals surface area contributed by atoms with E-state index in [0.29, 0.717) is 44.8 Å². The highest BCUT2D eigenvalue weighted by Gasteiger charge is 2.41. The molecule has 3 heterocycles. The van der Waals surface area contributed by atoms with E-state index in [9.17, 15) is 4.79 Å². The van der Waals surface area contributed by atoms with Gasteiger partial charge in [0.05, 0.1) is 25.1 Å². The first kappa shape index (κ1) is 15.3. The van der Waals surface area contributed by atoms with E-state index in [1.165, 1.54) is 5.56 Å². The monoisotopic (exact) mass is 328 g/mol. The van der Waals surface area contributed by atoms with Crippen LogP contribution in [0.4, 0.5) is 0 Å². The summed E-state index contributed by atoms with van der Waals surface area (Å²) < 4.78 is 13.0. The van der Waals surface area contributed by atoms with Crippen molar-refractivity contribution >= 4 is 5.91 Å². The second-order valence-electron chi connectivity index (χ2n) is 6.28. The Hall–Kier alpha value is -2.25. The molecule has 2 fully saturated rings. The van der Waals surface area contributed by atoms with Crippen molar-refractivity contribution in [3.63, 3.8) is 0 Å². The van der Waals surface area contributed by atoms with E-state index in [1.807, 2.05) is 31.2 Å². The summed E-state index contributed by atoms with van der Waals surface area (Å²) in [6.07, 6.45) is 3.08. The molecular formula is C17H20N4O3. The van der Waals surface area contributed by atoms with Crippen LogP contribution >= 0.6 is 0 Å². The Balaban J connectivity index is 1.45. The topological polar surface area (TPSA) is 69.5 Å². The van der Waals surface area contributed by atoms with Gasteiger partial charge in [0.15, 0.2) is 11.5 Å². The van der Waals surface area contributed by atoms with E-state index in [4.69, 9.17) is 9.47 Å². The molecule has 1 spiro atoms. The zero-order chi connectivity index (χ0) is 16.6. The maximum Gasteiger partial charge on any atom is 0.276 e. The van der Waals surface area contributed by atoms with Crippen LogP contribution in [0.3, 0.4) is 0 Å². The number of rotatable bonds is 2. The zero-order valence-electron chi connectivity index (χ0n) is 13.6. The second kappa shape index (κ2) is 5.99. The molecule has 0 aliphatic carbocycles. The predicted octanol–water partition coefficient (Wildman–Crippen LogP) is 1.55. The fraction of sp³-hybridized carbons (Fsp3) is 0.471. The number of carbonyl (C=O) groups excluding carboxylic acids is 1. The van der Waals surface area contributed by atoms with Gasteiger partial charge in [0.2, 0.25) is 0 Å². The minimum absolute atomic E-state index is 0.0961. The van der Waals surface area contributed by atoms with Gasteiger partial charge in [-0.05, 0) is 19.1 Å². The lowest BCUT2D eigenvalue weighted by Crippen LogP contribution is -2.47. The van der Waals surface area contributed by atoms with Crippen molar-refractivity contribution in [2.45, 2.75) is 25.6 Å². The molecular weight excluding hydrogens is 308 g/mol. The quantitative estimate of drug-likeness (QED) is 0.837. The van der Waals surface area contributed by atoms with Crippen LogP contribution in [0.1, 0.15) is 28.9 Å². The van der Waals surface area contributed by atoms with Crippen LogP contribution in [-0.4, -0.2) is 57.9 Å². The Morgan fingerprint density at radius 1 is 1.12 bits per heavy atom. The number of ether oxygens (including phenoxy) is 2. The Morgan fingerprint density at radius 2 is 1.79 bits per heavy atom. The summed E-state index contributed by atoms with van der Waals surface area (Å²) in [5.41, 5.74) is 2.42. The molecule has 1 aromatic heterocycles. The first-order valence-electron chi connectivity index (χ1n) is 8.22. The van der Waals surface area contributed by atoms with Gasteiger partial charge in [0.25, 0.3) is 5.91 Å². The van der Waals surface area contributed by atoms with Gasteiger partial charge >= 0.3 is 0 Å². The van der Waals surface area contributed by atoms with E-state index in [1.54, 1.807) is 15.8 Å². The molecule has 1 aromatic carbocycles. The third kappa shape index (κ3) is 2.81. The molecule has 126 valence electrons. The number of aromatic nitrogens is 3. The number of aryl methyl sites for hydroxylation is 1. The minimum atomic E-state index is -0.476. The number of nitrogens with zero attached hydrogens (tertiary/aromatic N) is 4. The predicted molar refractivity (Wildman–Crippen MR) is 85.9 cm³/mol. The lowest BCUT2D eigenvalue weighted by Gasteiger charge is -2.37. The number of hydrogen-bond acceptors (Lipinski definition) is 5. The van der Waals surface area contributed by atoms with E-state index < -0.39 is 5.79 Å². The van der Waals surface area contributed by atoms with Gasteiger partial charge in [-0.2, -0.15) is 0 Å². The summed E-state index contributed by atoms with van der Waals surface area (Å²) in [5, 5.41) is 8.11. The van der Waals surface area contributed by atoms with Crippen molar-refractivity contribution in [3.8, 4) is 5.69 Å². The van der Waals surface area contributed by atoms with Crippen molar-refractivity contribution in [1.82, 2.24) is 19.9 Å². The molecule has 0 saturated carbocycles. The first-order chi connectivity index (χ1) is 11.7. The van der Waals surface area contributed by atoms with Gasteiger partial charge in [0, 0.05) is 25.9 Å². The summed E-state index contributed by atoms with van der Waals surface area (Å²) in [6, 6.07) is 7.92. The summed E-state index contributed by atoms with van der Waals surface area (Å²) in [4.78, 5) is 14.4. The molecule has 2 aliphatic rings. The van der Waals surface area contributed by atoms with E-state index in [0.717, 1.165) is 5.69 Å². The van der Waals surface area contributed by atoms with Crippen molar-refractivity contribution < 1.29 is 14.3 Å². The van der Waals surface area contributed by atoms with Crippen molar-refractivity contribution in [1.29, 1.82) is 0 Å². The van der Waals surface area contributed by atoms with Crippen molar-refractivity contribution in [2.75, 3.05) is 26.3 Å². The van der Waals surface area contributed by atoms with Gasteiger partial charge in [-0.25, -0.2) is 4.68 Å². The standard InChI is InChI=1S/C17H20N4O3/c1-13-2-4-14(5-3-13)21-12-15(18-19-21)16(22)20-8-6-17(7-9-20)23-10-11-24-17/h2-5,12H,6-11H2,1H3. The molecule has 0 atom stereocenters. The lowest BCUT2D eigenvalue weighted by molar-refractivity contribution is -0.181. The number of likely N-dealkylation sites (tertiary alicyclic amines) is 1. The highest BCUT2D eigenvalue weighted by Crippen LogP contribution is 2.31. The molecule has 4 rings (SSSR count). The molecule has 2 aromatic rings. The Bertz CT molecular complexity index is 725. The molecule has 2 saturated heterocycles. The molecule has 1 amide bonds. The smallest absolute Gasteiger partial charge is 0.276 e. The summed E-state index contributed by atoms with van der Waals surface area (Å²) in [5.74, 6) is -0.572. The molecule has 7 heteroatoms. The maximum atomic E-state index is 12.6. The normalized spacial score (nSPS) is 19.8. The number of hydrogen-bond donors (Lipinski definition) is 0. The minimum Gasteiger partial charge on any atom is -0.347 e. The summed E-state index contributed by atoms with van der Waals surface area (Å²) >= 11 is 0. The molecule has 0 bridgehead atoms. The largest absolute Gasteiger partial charge is 0.347 e. The average Bonchev–Trinajstić information content (AvgIpc) is 3.26. The summed E-state index contributed by atoms with van der Waals surface area (Å²) in [6.45, 7) is 4.52. The fourth-order valence-corrected chi connectivity index (χ4v) is 3.18. The van der Waals surface area contributed by atoms with Crippen LogP contribution in [0.2, 0.25) is 0 Å². The Kier molecular flexibility index (Phi) is 3.82. The molecule has 0 radical (unpaired) electrons. The third-order valence-corrected chi connectivity index (χ3v) is 4.64. The third-order valence-electron chi connectivity index (χ3n) is 4.64. The van der Waals surface area contributed by atoms with Crippen LogP contribution < -0.4 is 0 Å². The fourth-order valence-electron chi connectivity index (χ4n) is 3.18. The molecule has 7 nitrogen and oxygen atoms in total. The zero-order valence-corrected chi connectivity index (χ0v) is 13.6. The van der Waals surface area contributed by atoms with E-state index >= 15 is 0 Å². The number of piperidine rings is 1. The van der Waals surface area contributed by atoms with Gasteiger partial charge in [-0.1, -0.05) is 22.9 Å². The van der Waals surface area contributed by atoms with Gasteiger partial charge in [-0.3, -0.25) is 4.79 Å². The molecule has 0 unspecified atom stereocenters. The lowest BCUT2D eigenvalue weighted by atomic mass is 10.0. The molecule has 2 aliphatic heterocycles. The Labute approximate surface area is 140 Å². The second-order valence-corrected chi connectivity index (χ2v) is 6.28. The van der Waals surface area contributed by atoms with Crippen molar-refractivity contribution in [2.24, 2.45) is 0 Å². The average molecular weight is 328 g/mol. The van der Waals surface area contributed by atoms with Gasteiger partial charge < -0.3 is 14.4 Å². The number of benzene rings is 1. The van der Waals surface area contributed by atoms with Crippen molar-refractivity contribution in [3.05, 3.63) is 41.7 Å². The van der Waals surface area contributed by atoms with Crippen LogP contribution in [-0.2, 0) is 9.47 Å². The van der Waals surface area contributed by atoms with E-state index in [2.05, 4.69) is 10.3 Å². The van der Waals surface area contributed by atoms with Crippen LogP contribution in [0.15, 0.2) is 30.5 Å². The summed E-state index contributed by atoms with van der Waals surface area (Å²) in [7, 11) is 0. The highest BCUT2D eigenvalue weighted by atomic mass is 16.7. The number of amides is 1. The number of carbonyl (C=O) groups is 1. The van der Waals surface area contributed by atoms with E-state index in [-0.39, 0.29) is 5.91 Å². The molecule has 0 N–H and O–H groups in total. The van der Waals surface area contributed by atoms with Gasteiger partial charge in [0.1, 0.15) is 0 Å². The SMILES string of the molecule is Cc1ccc(-n2cc(C(=O)N3CCC4(CC3)OCCO4)nn2)cc1. The first-order valence-corrected chi connectivity index (χ1v) is 8.22. The van der Waals surface area contributed by atoms with Crippen LogP contribution in [0, 0.1) is 6.92 Å². The van der Waals surface area contributed by atoms with Crippen LogP contribution in [0.5, 0.6) is 0 Å².